The lowest BCUT2D eigenvalue weighted by atomic mass is 9.91. The quantitative estimate of drug-likeness (QED) is 0.872. The highest BCUT2D eigenvalue weighted by Gasteiger charge is 2.17. The standard InChI is InChI=1S/C14H21N3/c1-8(2)10(5)11-6-15-14-13(11)17-12(7-16-14)9(3)4/h6-10H,1-5H3,(H,15,16). The lowest BCUT2D eigenvalue weighted by molar-refractivity contribution is 0.537. The maximum absolute atomic E-state index is 4.74. The lowest BCUT2D eigenvalue weighted by Crippen LogP contribution is -2.02. The van der Waals surface area contributed by atoms with Gasteiger partial charge in [0.15, 0.2) is 5.65 Å². The summed E-state index contributed by atoms with van der Waals surface area (Å²) in [7, 11) is 0. The number of nitrogens with zero attached hydrogens (tertiary/aromatic N) is 2. The van der Waals surface area contributed by atoms with E-state index in [1.807, 2.05) is 6.20 Å². The van der Waals surface area contributed by atoms with E-state index in [1.54, 1.807) is 0 Å². The molecule has 3 nitrogen and oxygen atoms in total. The van der Waals surface area contributed by atoms with Gasteiger partial charge in [0.2, 0.25) is 0 Å². The highest BCUT2D eigenvalue weighted by Crippen LogP contribution is 2.29. The lowest BCUT2D eigenvalue weighted by Gasteiger charge is -2.14. The van der Waals surface area contributed by atoms with E-state index >= 15 is 0 Å². The number of hydrogen-bond donors (Lipinski definition) is 1. The molecule has 1 N–H and O–H groups in total. The first-order chi connectivity index (χ1) is 8.00. The molecule has 0 bridgehead atoms. The average Bonchev–Trinajstić information content (AvgIpc) is 2.70. The van der Waals surface area contributed by atoms with Crippen LogP contribution in [0.2, 0.25) is 0 Å². The molecule has 0 saturated carbocycles. The van der Waals surface area contributed by atoms with Crippen molar-refractivity contribution in [2.45, 2.75) is 46.5 Å². The predicted molar refractivity (Wildman–Crippen MR) is 71.2 cm³/mol. The largest absolute Gasteiger partial charge is 0.345 e. The summed E-state index contributed by atoms with van der Waals surface area (Å²) in [5.74, 6) is 1.53. The van der Waals surface area contributed by atoms with E-state index in [9.17, 15) is 0 Å². The van der Waals surface area contributed by atoms with Crippen LogP contribution in [-0.2, 0) is 0 Å². The Balaban J connectivity index is 2.54. The van der Waals surface area contributed by atoms with E-state index in [2.05, 4.69) is 50.8 Å². The summed E-state index contributed by atoms with van der Waals surface area (Å²) in [5, 5.41) is 0. The summed E-state index contributed by atoms with van der Waals surface area (Å²) in [6.07, 6.45) is 3.92. The first kappa shape index (κ1) is 12.1. The van der Waals surface area contributed by atoms with Gasteiger partial charge < -0.3 is 4.98 Å². The first-order valence-corrected chi connectivity index (χ1v) is 6.34. The van der Waals surface area contributed by atoms with Gasteiger partial charge in [-0.3, -0.25) is 0 Å². The Kier molecular flexibility index (Phi) is 3.18. The van der Waals surface area contributed by atoms with Crippen LogP contribution in [-0.4, -0.2) is 15.0 Å². The Bertz CT molecular complexity index is 511. The predicted octanol–water partition coefficient (Wildman–Crippen LogP) is 3.84. The summed E-state index contributed by atoms with van der Waals surface area (Å²) in [6.45, 7) is 11.0. The van der Waals surface area contributed by atoms with Gasteiger partial charge in [-0.2, -0.15) is 0 Å². The third-order valence-corrected chi connectivity index (χ3v) is 3.51. The molecule has 2 aromatic heterocycles. The molecule has 0 aromatic carbocycles. The zero-order chi connectivity index (χ0) is 12.6. The van der Waals surface area contributed by atoms with Crippen LogP contribution in [0.1, 0.15) is 57.7 Å². The van der Waals surface area contributed by atoms with Gasteiger partial charge >= 0.3 is 0 Å². The zero-order valence-electron chi connectivity index (χ0n) is 11.3. The summed E-state index contributed by atoms with van der Waals surface area (Å²) in [6, 6.07) is 0. The van der Waals surface area contributed by atoms with Gasteiger partial charge in [0.25, 0.3) is 0 Å². The fourth-order valence-corrected chi connectivity index (χ4v) is 1.91. The minimum atomic E-state index is 0.420. The van der Waals surface area contributed by atoms with Crippen LogP contribution in [0.4, 0.5) is 0 Å². The second-order valence-corrected chi connectivity index (χ2v) is 5.42. The molecule has 92 valence electrons. The van der Waals surface area contributed by atoms with Crippen molar-refractivity contribution >= 4 is 11.2 Å². The van der Waals surface area contributed by atoms with Crippen molar-refractivity contribution in [3.8, 4) is 0 Å². The van der Waals surface area contributed by atoms with Crippen LogP contribution in [0, 0.1) is 5.92 Å². The smallest absolute Gasteiger partial charge is 0.156 e. The van der Waals surface area contributed by atoms with Gasteiger partial charge in [-0.05, 0) is 17.8 Å². The molecular weight excluding hydrogens is 210 g/mol. The molecule has 0 fully saturated rings. The molecule has 0 spiro atoms. The molecule has 0 aliphatic rings. The van der Waals surface area contributed by atoms with Crippen LogP contribution in [0.15, 0.2) is 12.4 Å². The molecule has 0 radical (unpaired) electrons. The second kappa shape index (κ2) is 4.47. The van der Waals surface area contributed by atoms with E-state index in [0.717, 1.165) is 16.9 Å². The minimum Gasteiger partial charge on any atom is -0.345 e. The van der Waals surface area contributed by atoms with E-state index in [0.29, 0.717) is 17.8 Å². The normalized spacial score (nSPS) is 13.8. The molecule has 17 heavy (non-hydrogen) atoms. The topological polar surface area (TPSA) is 41.6 Å². The first-order valence-electron chi connectivity index (χ1n) is 6.34. The molecule has 0 aliphatic carbocycles. The zero-order valence-corrected chi connectivity index (χ0v) is 11.3. The number of aromatic amines is 1. The van der Waals surface area contributed by atoms with Gasteiger partial charge in [-0.15, -0.1) is 0 Å². The van der Waals surface area contributed by atoms with Gasteiger partial charge in [0.05, 0.1) is 11.9 Å². The summed E-state index contributed by atoms with van der Waals surface area (Å²) in [5.41, 5.74) is 4.29. The summed E-state index contributed by atoms with van der Waals surface area (Å²) >= 11 is 0. The van der Waals surface area contributed by atoms with Gasteiger partial charge in [-0.25, -0.2) is 9.97 Å². The SMILES string of the molecule is CC(C)c1cnc2[nH]cc(C(C)C(C)C)c2n1. The van der Waals surface area contributed by atoms with Gasteiger partial charge in [-0.1, -0.05) is 34.6 Å². The molecule has 0 saturated heterocycles. The number of rotatable bonds is 3. The summed E-state index contributed by atoms with van der Waals surface area (Å²) in [4.78, 5) is 12.4. The Morgan fingerprint density at radius 2 is 1.82 bits per heavy atom. The highest BCUT2D eigenvalue weighted by atomic mass is 14.9. The van der Waals surface area contributed by atoms with Crippen LogP contribution < -0.4 is 0 Å². The third-order valence-electron chi connectivity index (χ3n) is 3.51. The molecule has 3 heteroatoms. The van der Waals surface area contributed by atoms with Crippen molar-refractivity contribution in [3.05, 3.63) is 23.7 Å². The van der Waals surface area contributed by atoms with Crippen LogP contribution in [0.25, 0.3) is 11.2 Å². The minimum absolute atomic E-state index is 0.420. The number of H-pyrrole nitrogens is 1. The van der Waals surface area contributed by atoms with Gasteiger partial charge in [0.1, 0.15) is 5.52 Å². The van der Waals surface area contributed by atoms with Crippen LogP contribution in [0.3, 0.4) is 0 Å². The van der Waals surface area contributed by atoms with E-state index < -0.39 is 0 Å². The molecule has 0 amide bonds. The Labute approximate surface area is 103 Å². The second-order valence-electron chi connectivity index (χ2n) is 5.42. The molecular formula is C14H21N3. The number of fused-ring (bicyclic) bond motifs is 1. The molecule has 2 aromatic rings. The van der Waals surface area contributed by atoms with Gasteiger partial charge in [0, 0.05) is 11.8 Å². The number of nitrogens with one attached hydrogen (secondary N) is 1. The molecule has 2 heterocycles. The highest BCUT2D eigenvalue weighted by molar-refractivity contribution is 5.75. The van der Waals surface area contributed by atoms with Crippen molar-refractivity contribution < 1.29 is 0 Å². The maximum atomic E-state index is 4.74. The Hall–Kier alpha value is -1.38. The van der Waals surface area contributed by atoms with Crippen LogP contribution in [0.5, 0.6) is 0 Å². The Morgan fingerprint density at radius 3 is 2.41 bits per heavy atom. The molecule has 0 aliphatic heterocycles. The van der Waals surface area contributed by atoms with Crippen LogP contribution >= 0.6 is 0 Å². The monoisotopic (exact) mass is 231 g/mol. The average molecular weight is 231 g/mol. The van der Waals surface area contributed by atoms with Crippen molar-refractivity contribution in [1.82, 2.24) is 15.0 Å². The fraction of sp³-hybridized carbons (Fsp3) is 0.571. The van der Waals surface area contributed by atoms with E-state index in [1.165, 1.54) is 5.56 Å². The van der Waals surface area contributed by atoms with E-state index in [-0.39, 0.29) is 0 Å². The molecule has 1 atom stereocenters. The van der Waals surface area contributed by atoms with Crippen molar-refractivity contribution in [3.63, 3.8) is 0 Å². The number of hydrogen-bond acceptors (Lipinski definition) is 2. The van der Waals surface area contributed by atoms with Crippen molar-refractivity contribution in [2.75, 3.05) is 0 Å². The van der Waals surface area contributed by atoms with E-state index in [4.69, 9.17) is 4.98 Å². The maximum Gasteiger partial charge on any atom is 0.156 e. The molecule has 2 rings (SSSR count). The Morgan fingerprint density at radius 1 is 1.12 bits per heavy atom. The fourth-order valence-electron chi connectivity index (χ4n) is 1.91. The number of aromatic nitrogens is 3. The third kappa shape index (κ3) is 2.19. The summed E-state index contributed by atoms with van der Waals surface area (Å²) < 4.78 is 0. The molecule has 1 unspecified atom stereocenters. The van der Waals surface area contributed by atoms with Crippen molar-refractivity contribution in [1.29, 1.82) is 0 Å². The van der Waals surface area contributed by atoms with Crippen molar-refractivity contribution in [2.24, 2.45) is 5.92 Å².